The Kier molecular flexibility index (Phi) is 6.04. The number of methoxy groups -OCH3 is 2. The van der Waals surface area contributed by atoms with E-state index in [0.717, 1.165) is 4.90 Å². The minimum absolute atomic E-state index is 0.116. The first-order valence-electron chi connectivity index (χ1n) is 8.70. The smallest absolute Gasteiger partial charge is 0.268 e. The molecule has 1 aliphatic rings. The van der Waals surface area contributed by atoms with Crippen molar-refractivity contribution >= 4 is 29.1 Å². The number of nitrogens with zero attached hydrogens (tertiary/aromatic N) is 1. The van der Waals surface area contributed by atoms with Gasteiger partial charge in [0.25, 0.3) is 11.8 Å². The van der Waals surface area contributed by atoms with E-state index in [2.05, 4.69) is 0 Å². The Hall–Kier alpha value is -2.80. The Morgan fingerprint density at radius 2 is 1.71 bits per heavy atom. The summed E-state index contributed by atoms with van der Waals surface area (Å²) in [6.07, 6.45) is 0. The number of ether oxygens (including phenoxy) is 2. The summed E-state index contributed by atoms with van der Waals surface area (Å²) in [5, 5.41) is 0. The molecule has 0 aliphatic carbocycles. The van der Waals surface area contributed by atoms with Gasteiger partial charge in [-0.15, -0.1) is 11.8 Å². The predicted molar refractivity (Wildman–Crippen MR) is 107 cm³/mol. The number of hydrogen-bond acceptors (Lipinski definition) is 5. The Bertz CT molecular complexity index is 957. The average Bonchev–Trinajstić information content (AvgIpc) is 2.93. The molecule has 5 nitrogen and oxygen atoms in total. The van der Waals surface area contributed by atoms with Crippen molar-refractivity contribution in [3.8, 4) is 11.5 Å². The zero-order valence-corrected chi connectivity index (χ0v) is 16.6. The quantitative estimate of drug-likeness (QED) is 0.659. The molecule has 0 N–H and O–H groups in total. The molecular formula is C21H20FNO4S. The Morgan fingerprint density at radius 3 is 2.36 bits per heavy atom. The second-order valence-corrected chi connectivity index (χ2v) is 7.27. The fourth-order valence-corrected chi connectivity index (χ4v) is 3.89. The number of hydrogen-bond donors (Lipinski definition) is 0. The van der Waals surface area contributed by atoms with Crippen molar-refractivity contribution in [1.29, 1.82) is 0 Å². The van der Waals surface area contributed by atoms with Gasteiger partial charge in [0.15, 0.2) is 11.5 Å². The van der Waals surface area contributed by atoms with E-state index in [1.807, 2.05) is 6.92 Å². The highest BCUT2D eigenvalue weighted by Gasteiger charge is 2.39. The van der Waals surface area contributed by atoms with E-state index < -0.39 is 17.6 Å². The van der Waals surface area contributed by atoms with Gasteiger partial charge >= 0.3 is 0 Å². The first-order valence-corrected chi connectivity index (χ1v) is 9.69. The maximum absolute atomic E-state index is 14.0. The molecule has 0 fully saturated rings. The van der Waals surface area contributed by atoms with E-state index in [9.17, 15) is 14.0 Å². The fraction of sp³-hybridized carbons (Fsp3) is 0.238. The predicted octanol–water partition coefficient (Wildman–Crippen LogP) is 3.88. The van der Waals surface area contributed by atoms with Gasteiger partial charge in [-0.3, -0.25) is 14.5 Å². The molecule has 7 heteroatoms. The number of halogens is 1. The summed E-state index contributed by atoms with van der Waals surface area (Å²) >= 11 is 1.30. The van der Waals surface area contributed by atoms with Crippen molar-refractivity contribution in [2.75, 3.05) is 20.0 Å². The fourth-order valence-electron chi connectivity index (χ4n) is 3.02. The van der Waals surface area contributed by atoms with Crippen LogP contribution in [0, 0.1) is 5.82 Å². The van der Waals surface area contributed by atoms with Crippen LogP contribution in [-0.2, 0) is 16.1 Å². The van der Waals surface area contributed by atoms with E-state index in [-0.39, 0.29) is 6.54 Å². The van der Waals surface area contributed by atoms with Crippen molar-refractivity contribution in [1.82, 2.24) is 4.90 Å². The zero-order chi connectivity index (χ0) is 20.3. The summed E-state index contributed by atoms with van der Waals surface area (Å²) in [7, 11) is 3.03. The third-order valence-electron chi connectivity index (χ3n) is 4.37. The molecule has 0 unspecified atom stereocenters. The Balaban J connectivity index is 2.02. The maximum Gasteiger partial charge on any atom is 0.268 e. The summed E-state index contributed by atoms with van der Waals surface area (Å²) in [5.74, 6) is 0.296. The van der Waals surface area contributed by atoms with E-state index in [0.29, 0.717) is 38.9 Å². The molecule has 3 rings (SSSR count). The van der Waals surface area contributed by atoms with Crippen LogP contribution in [0.15, 0.2) is 47.4 Å². The lowest BCUT2D eigenvalue weighted by Crippen LogP contribution is -2.31. The van der Waals surface area contributed by atoms with Crippen LogP contribution in [0.5, 0.6) is 11.5 Å². The third kappa shape index (κ3) is 3.62. The molecule has 0 spiro atoms. The number of carbonyl (C=O) groups is 2. The van der Waals surface area contributed by atoms with Crippen LogP contribution in [0.3, 0.4) is 0 Å². The lowest BCUT2D eigenvalue weighted by Gasteiger charge is -2.16. The molecule has 2 aromatic rings. The maximum atomic E-state index is 14.0. The van der Waals surface area contributed by atoms with E-state index in [1.54, 1.807) is 36.4 Å². The van der Waals surface area contributed by atoms with Crippen molar-refractivity contribution in [3.05, 3.63) is 64.3 Å². The van der Waals surface area contributed by atoms with Gasteiger partial charge in [0, 0.05) is 5.56 Å². The molecule has 1 heterocycles. The van der Waals surface area contributed by atoms with Crippen LogP contribution < -0.4 is 9.47 Å². The molecular weight excluding hydrogens is 381 g/mol. The third-order valence-corrected chi connectivity index (χ3v) is 5.33. The molecule has 0 radical (unpaired) electrons. The number of carbonyl (C=O) groups excluding carboxylic acids is 2. The molecule has 1 aliphatic heterocycles. The van der Waals surface area contributed by atoms with Crippen molar-refractivity contribution in [3.63, 3.8) is 0 Å². The highest BCUT2D eigenvalue weighted by Crippen LogP contribution is 2.39. The lowest BCUT2D eigenvalue weighted by molar-refractivity contribution is -0.137. The molecule has 0 saturated heterocycles. The summed E-state index contributed by atoms with van der Waals surface area (Å²) < 4.78 is 24.6. The number of benzene rings is 2. The largest absolute Gasteiger partial charge is 0.493 e. The highest BCUT2D eigenvalue weighted by atomic mass is 32.2. The first kappa shape index (κ1) is 19.9. The van der Waals surface area contributed by atoms with Gasteiger partial charge in [0.1, 0.15) is 5.82 Å². The minimum atomic E-state index is -0.452. The Labute approximate surface area is 167 Å². The van der Waals surface area contributed by atoms with Crippen LogP contribution in [-0.4, -0.2) is 36.7 Å². The van der Waals surface area contributed by atoms with Crippen LogP contribution in [0.25, 0.3) is 5.57 Å². The monoisotopic (exact) mass is 401 g/mol. The van der Waals surface area contributed by atoms with Crippen molar-refractivity contribution in [2.45, 2.75) is 13.5 Å². The van der Waals surface area contributed by atoms with Gasteiger partial charge in [-0.25, -0.2) is 4.39 Å². The van der Waals surface area contributed by atoms with E-state index in [4.69, 9.17) is 9.47 Å². The van der Waals surface area contributed by atoms with E-state index in [1.165, 1.54) is 32.0 Å². The molecule has 28 heavy (non-hydrogen) atoms. The SMILES string of the molecule is CCSC1=C(c2ccc(OC)c(OC)c2)C(=O)N(Cc2ccccc2F)C1=O. The molecule has 0 saturated carbocycles. The number of rotatable bonds is 7. The lowest BCUT2D eigenvalue weighted by atomic mass is 10.1. The summed E-state index contributed by atoms with van der Waals surface area (Å²) in [6, 6.07) is 11.2. The normalized spacial score (nSPS) is 14.1. The second kappa shape index (κ2) is 8.48. The van der Waals surface area contributed by atoms with Gasteiger partial charge in [0.2, 0.25) is 0 Å². The van der Waals surface area contributed by atoms with Crippen molar-refractivity contribution < 1.29 is 23.5 Å². The van der Waals surface area contributed by atoms with Gasteiger partial charge in [-0.1, -0.05) is 31.2 Å². The standard InChI is InChI=1S/C21H20FNO4S/c1-4-28-19-18(13-9-10-16(26-2)17(11-13)27-3)20(24)23(21(19)25)12-14-7-5-6-8-15(14)22/h5-11H,4,12H2,1-3H3. The summed E-state index contributed by atoms with van der Waals surface area (Å²) in [5.41, 5.74) is 1.15. The van der Waals surface area contributed by atoms with Crippen LogP contribution in [0.4, 0.5) is 4.39 Å². The van der Waals surface area contributed by atoms with Gasteiger partial charge in [-0.2, -0.15) is 0 Å². The molecule has 0 atom stereocenters. The first-order chi connectivity index (χ1) is 13.5. The highest BCUT2D eigenvalue weighted by molar-refractivity contribution is 8.04. The van der Waals surface area contributed by atoms with Crippen LogP contribution in [0.2, 0.25) is 0 Å². The van der Waals surface area contributed by atoms with Crippen LogP contribution >= 0.6 is 11.8 Å². The zero-order valence-electron chi connectivity index (χ0n) is 15.8. The van der Waals surface area contributed by atoms with Gasteiger partial charge in [-0.05, 0) is 29.5 Å². The minimum Gasteiger partial charge on any atom is -0.493 e. The topological polar surface area (TPSA) is 55.8 Å². The molecule has 2 amide bonds. The van der Waals surface area contributed by atoms with Crippen molar-refractivity contribution in [2.24, 2.45) is 0 Å². The number of imide groups is 1. The van der Waals surface area contributed by atoms with Gasteiger partial charge in [0.05, 0.1) is 31.2 Å². The summed E-state index contributed by atoms with van der Waals surface area (Å²) in [6.45, 7) is 1.79. The number of thioether (sulfide) groups is 1. The molecule has 0 aromatic heterocycles. The number of amides is 2. The molecule has 2 aromatic carbocycles. The average molecular weight is 401 g/mol. The molecule has 146 valence electrons. The van der Waals surface area contributed by atoms with Crippen LogP contribution in [0.1, 0.15) is 18.1 Å². The summed E-state index contributed by atoms with van der Waals surface area (Å²) in [4.78, 5) is 27.5. The second-order valence-electron chi connectivity index (χ2n) is 5.99. The Morgan fingerprint density at radius 1 is 1.00 bits per heavy atom. The van der Waals surface area contributed by atoms with E-state index >= 15 is 0 Å². The molecule has 0 bridgehead atoms. The van der Waals surface area contributed by atoms with Gasteiger partial charge < -0.3 is 9.47 Å².